The van der Waals surface area contributed by atoms with Crippen LogP contribution in [-0.2, 0) is 29.9 Å². The summed E-state index contributed by atoms with van der Waals surface area (Å²) in [6.07, 6.45) is -0.465. The van der Waals surface area contributed by atoms with Crippen molar-refractivity contribution in [2.45, 2.75) is 48.8 Å². The van der Waals surface area contributed by atoms with Crippen LogP contribution in [0.5, 0.6) is 0 Å². The van der Waals surface area contributed by atoms with Gasteiger partial charge in [0, 0.05) is 25.1 Å². The monoisotopic (exact) mass is 818 g/mol. The number of amides is 2. The Kier molecular flexibility index (Phi) is 12.8. The molecule has 1 aliphatic carbocycles. The molecule has 0 unspecified atom stereocenters. The van der Waals surface area contributed by atoms with Gasteiger partial charge in [0.05, 0.1) is 4.75 Å². The normalized spacial score (nSPS) is 13.4. The average Bonchev–Trinajstić information content (AvgIpc) is 3.58. The molecule has 0 spiro atoms. The highest BCUT2D eigenvalue weighted by molar-refractivity contribution is 8.00. The zero-order valence-corrected chi connectivity index (χ0v) is 35.7. The number of alkyl carbamates (subject to hydrolysis) is 1. The second-order valence-corrected chi connectivity index (χ2v) is 21.5. The number of nitrogens with zero attached hydrogens (tertiary/aromatic N) is 1. The molecule has 1 aliphatic rings. The molecule has 0 saturated carbocycles. The number of thioether (sulfide) groups is 1. The first-order chi connectivity index (χ1) is 28.5. The maximum absolute atomic E-state index is 15.0. The number of hydrogen-bond donors (Lipinski definition) is 1. The average molecular weight is 819 g/mol. The van der Waals surface area contributed by atoms with Gasteiger partial charge in [0.2, 0.25) is 14.2 Å². The van der Waals surface area contributed by atoms with Crippen LogP contribution in [-0.4, -0.2) is 62.7 Å². The summed E-state index contributed by atoms with van der Waals surface area (Å²) < 4.78 is 11.3. The number of nitrogens with one attached hydrogen (secondary N) is 1. The Bertz CT molecular complexity index is 2210. The summed E-state index contributed by atoms with van der Waals surface area (Å²) >= 11 is 1.56. The van der Waals surface area contributed by atoms with Crippen LogP contribution in [0.4, 0.5) is 4.79 Å². The molecule has 0 aliphatic heterocycles. The molecular weight excluding hydrogens is 769 g/mol. The van der Waals surface area contributed by atoms with E-state index in [4.69, 9.17) is 9.16 Å². The SMILES string of the molecule is CN(C(=O)[C@H](CSC(c1ccccc1)(c1ccccc1)c1ccccc1)NC(=O)OCC1c2ccccc2-c2ccccc21)[C@@H](Cc1ccccc1)C(=O)O[Si](C)(C)C. The number of hydrogen-bond acceptors (Lipinski definition) is 6. The molecule has 0 saturated heterocycles. The molecular formula is C50H50N2O5SSi. The van der Waals surface area contributed by atoms with Gasteiger partial charge in [0.15, 0.2) is 0 Å². The molecule has 9 heteroatoms. The smallest absolute Gasteiger partial charge is 0.407 e. The zero-order chi connectivity index (χ0) is 41.4. The molecule has 0 aromatic heterocycles. The minimum absolute atomic E-state index is 0.0882. The van der Waals surface area contributed by atoms with Crippen molar-refractivity contribution in [3.8, 4) is 11.1 Å². The fourth-order valence-electron chi connectivity index (χ4n) is 7.92. The van der Waals surface area contributed by atoms with Crippen molar-refractivity contribution in [3.63, 3.8) is 0 Å². The van der Waals surface area contributed by atoms with Gasteiger partial charge >= 0.3 is 12.1 Å². The standard InChI is InChI=1S/C50H50N2O5SSi/c1-52(46(48(54)57-59(2,3)4)33-36-21-9-5-10-22-36)47(53)45(51-49(55)56-34-44-42-31-19-17-29-40(42)41-30-18-20-32-43(41)44)35-58-50(37-23-11-6-12-24-37,38-25-13-7-14-26-38)39-27-15-8-16-28-39/h5-32,44-46H,33-35H2,1-4H3,(H,51,55)/t45-,46-/m0/s1. The van der Waals surface area contributed by atoms with Crippen LogP contribution < -0.4 is 5.32 Å². The van der Waals surface area contributed by atoms with E-state index in [1.54, 1.807) is 18.8 Å². The van der Waals surface area contributed by atoms with Gasteiger partial charge in [0.1, 0.15) is 18.7 Å². The maximum Gasteiger partial charge on any atom is 0.407 e. The van der Waals surface area contributed by atoms with Gasteiger partial charge in [-0.3, -0.25) is 9.59 Å². The third-order valence-corrected chi connectivity index (χ3v) is 13.2. The number of benzene rings is 6. The number of fused-ring (bicyclic) bond motifs is 3. The van der Waals surface area contributed by atoms with Crippen molar-refractivity contribution >= 4 is 38.0 Å². The van der Waals surface area contributed by atoms with E-state index in [1.165, 1.54) is 4.90 Å². The fraction of sp³-hybridized carbons (Fsp3) is 0.220. The van der Waals surface area contributed by atoms with Gasteiger partial charge in [0.25, 0.3) is 0 Å². The van der Waals surface area contributed by atoms with Crippen molar-refractivity contribution in [1.82, 2.24) is 10.2 Å². The molecule has 59 heavy (non-hydrogen) atoms. The number of carbonyl (C=O) groups is 3. The minimum atomic E-state index is -2.34. The summed E-state index contributed by atoms with van der Waals surface area (Å²) in [6.45, 7) is 5.92. The highest BCUT2D eigenvalue weighted by atomic mass is 32.2. The third-order valence-electron chi connectivity index (χ3n) is 10.7. The van der Waals surface area contributed by atoms with E-state index in [2.05, 4.69) is 66.0 Å². The van der Waals surface area contributed by atoms with Gasteiger partial charge in [-0.25, -0.2) is 4.79 Å². The predicted octanol–water partition coefficient (Wildman–Crippen LogP) is 10.1. The Hall–Kier alpha value is -5.90. The number of ether oxygens (including phenoxy) is 1. The summed E-state index contributed by atoms with van der Waals surface area (Å²) in [6, 6.07) is 54.5. The van der Waals surface area contributed by atoms with Crippen LogP contribution in [0, 0.1) is 0 Å². The molecule has 1 N–H and O–H groups in total. The predicted molar refractivity (Wildman–Crippen MR) is 240 cm³/mol. The van der Waals surface area contributed by atoms with E-state index >= 15 is 4.79 Å². The van der Waals surface area contributed by atoms with Crippen molar-refractivity contribution in [3.05, 3.63) is 203 Å². The summed E-state index contributed by atoms with van der Waals surface area (Å²) in [4.78, 5) is 44.5. The largest absolute Gasteiger partial charge is 0.518 e. The fourth-order valence-corrected chi connectivity index (χ4v) is 10.2. The second kappa shape index (κ2) is 18.3. The van der Waals surface area contributed by atoms with Crippen LogP contribution in [0.1, 0.15) is 39.3 Å². The lowest BCUT2D eigenvalue weighted by Gasteiger charge is -2.37. The number of likely N-dealkylation sites (N-methyl/N-ethyl adjacent to an activating group) is 1. The zero-order valence-electron chi connectivity index (χ0n) is 33.9. The first kappa shape index (κ1) is 41.3. The van der Waals surface area contributed by atoms with Gasteiger partial charge in [-0.15, -0.1) is 11.8 Å². The van der Waals surface area contributed by atoms with E-state index in [0.717, 1.165) is 44.5 Å². The maximum atomic E-state index is 15.0. The molecule has 0 fully saturated rings. The van der Waals surface area contributed by atoms with Gasteiger partial charge in [-0.05, 0) is 64.1 Å². The van der Waals surface area contributed by atoms with Gasteiger partial charge in [-0.1, -0.05) is 170 Å². The molecule has 0 heterocycles. The Morgan fingerprint density at radius 1 is 0.661 bits per heavy atom. The van der Waals surface area contributed by atoms with E-state index in [0.29, 0.717) is 0 Å². The third kappa shape index (κ3) is 9.37. The first-order valence-corrected chi connectivity index (χ1v) is 24.4. The summed E-state index contributed by atoms with van der Waals surface area (Å²) in [5.74, 6) is -0.910. The van der Waals surface area contributed by atoms with Crippen molar-refractivity contribution in [1.29, 1.82) is 0 Å². The highest BCUT2D eigenvalue weighted by Gasteiger charge is 2.41. The van der Waals surface area contributed by atoms with Crippen LogP contribution >= 0.6 is 11.8 Å². The lowest BCUT2D eigenvalue weighted by atomic mass is 9.84. The van der Waals surface area contributed by atoms with Crippen LogP contribution in [0.2, 0.25) is 19.6 Å². The molecule has 2 amide bonds. The Balaban J connectivity index is 1.23. The summed E-state index contributed by atoms with van der Waals surface area (Å²) in [5, 5.41) is 2.99. The molecule has 6 aromatic rings. The van der Waals surface area contributed by atoms with Gasteiger partial charge in [-0.2, -0.15) is 0 Å². The minimum Gasteiger partial charge on any atom is -0.518 e. The van der Waals surface area contributed by atoms with E-state index < -0.39 is 43.1 Å². The molecule has 2 atom stereocenters. The lowest BCUT2D eigenvalue weighted by Crippen LogP contribution is -2.55. The molecule has 0 bridgehead atoms. The second-order valence-electron chi connectivity index (χ2n) is 15.8. The quantitative estimate of drug-likeness (QED) is 0.0821. The van der Waals surface area contributed by atoms with Crippen molar-refractivity contribution in [2.24, 2.45) is 0 Å². The van der Waals surface area contributed by atoms with Crippen LogP contribution in [0.3, 0.4) is 0 Å². The molecule has 6 aromatic carbocycles. The Morgan fingerprint density at radius 2 is 1.10 bits per heavy atom. The Morgan fingerprint density at radius 3 is 1.58 bits per heavy atom. The number of carbonyl (C=O) groups excluding carboxylic acids is 3. The number of rotatable bonds is 15. The van der Waals surface area contributed by atoms with Crippen LogP contribution in [0.25, 0.3) is 11.1 Å². The summed E-state index contributed by atoms with van der Waals surface area (Å²) in [7, 11) is -0.720. The Labute approximate surface area is 352 Å². The van der Waals surface area contributed by atoms with Crippen molar-refractivity contribution < 1.29 is 23.5 Å². The lowest BCUT2D eigenvalue weighted by molar-refractivity contribution is -0.148. The first-order valence-electron chi connectivity index (χ1n) is 20.0. The van der Waals surface area contributed by atoms with E-state index in [1.807, 2.05) is 129 Å². The van der Waals surface area contributed by atoms with Crippen molar-refractivity contribution in [2.75, 3.05) is 19.4 Å². The van der Waals surface area contributed by atoms with Crippen LogP contribution in [0.15, 0.2) is 170 Å². The highest BCUT2D eigenvalue weighted by Crippen LogP contribution is 2.49. The summed E-state index contributed by atoms with van der Waals surface area (Å²) in [5.41, 5.74) is 8.36. The van der Waals surface area contributed by atoms with Gasteiger partial charge < -0.3 is 19.4 Å². The molecule has 7 nitrogen and oxygen atoms in total. The molecule has 300 valence electrons. The topological polar surface area (TPSA) is 84.9 Å². The van der Waals surface area contributed by atoms with E-state index in [9.17, 15) is 9.59 Å². The molecule has 0 radical (unpaired) electrons. The molecule has 7 rings (SSSR count). The van der Waals surface area contributed by atoms with E-state index in [-0.39, 0.29) is 24.7 Å².